The van der Waals surface area contributed by atoms with Crippen LogP contribution in [0.5, 0.6) is 0 Å². The second-order valence-corrected chi connectivity index (χ2v) is 7.62. The molecule has 9 nitrogen and oxygen atoms in total. The van der Waals surface area contributed by atoms with Crippen LogP contribution in [0.15, 0.2) is 70.3 Å². The summed E-state index contributed by atoms with van der Waals surface area (Å²) in [6.45, 7) is 3.86. The number of aromatic nitrogens is 4. The maximum absolute atomic E-state index is 12.6. The van der Waals surface area contributed by atoms with Crippen molar-refractivity contribution in [3.63, 3.8) is 0 Å². The minimum Gasteiger partial charge on any atom is -0.308 e. The third-order valence-corrected chi connectivity index (χ3v) is 5.10. The summed E-state index contributed by atoms with van der Waals surface area (Å²) in [6, 6.07) is 16.6. The molecule has 2 aromatic heterocycles. The minimum atomic E-state index is -0.443. The van der Waals surface area contributed by atoms with E-state index in [4.69, 9.17) is 0 Å². The lowest BCUT2D eigenvalue weighted by atomic mass is 10.1. The van der Waals surface area contributed by atoms with Gasteiger partial charge in [-0.3, -0.25) is 9.59 Å². The van der Waals surface area contributed by atoms with E-state index in [0.717, 1.165) is 0 Å². The predicted octanol–water partition coefficient (Wildman–Crippen LogP) is 3.96. The molecule has 4 aromatic rings. The van der Waals surface area contributed by atoms with E-state index in [2.05, 4.69) is 30.6 Å². The zero-order chi connectivity index (χ0) is 24.1. The number of carbonyl (C=O) groups excluding carboxylic acids is 1. The lowest BCUT2D eigenvalue weighted by Crippen LogP contribution is -2.19. The molecule has 2 aromatic carbocycles. The van der Waals surface area contributed by atoms with Gasteiger partial charge in [0.05, 0.1) is 0 Å². The predicted molar refractivity (Wildman–Crippen MR) is 132 cm³/mol. The molecule has 0 unspecified atom stereocenters. The number of H-pyrrole nitrogens is 2. The van der Waals surface area contributed by atoms with Crippen LogP contribution in [0.2, 0.25) is 0 Å². The first-order chi connectivity index (χ1) is 16.4. The Bertz CT molecular complexity index is 1350. The smallest absolute Gasteiger partial charge is 0.308 e. The largest absolute Gasteiger partial charge is 0.323 e. The molecule has 0 spiro atoms. The highest BCUT2D eigenvalue weighted by atomic mass is 16.2. The van der Waals surface area contributed by atoms with Crippen LogP contribution in [-0.2, 0) is 12.8 Å². The van der Waals surface area contributed by atoms with Crippen LogP contribution in [0.1, 0.15) is 25.2 Å². The summed E-state index contributed by atoms with van der Waals surface area (Å²) in [5.41, 5.74) is 3.37. The number of hydrogen-bond donors (Lipinski definition) is 4. The number of urea groups is 1. The second kappa shape index (κ2) is 9.95. The highest BCUT2D eigenvalue weighted by Gasteiger charge is 2.09. The van der Waals surface area contributed by atoms with Gasteiger partial charge in [-0.1, -0.05) is 38.1 Å². The minimum absolute atomic E-state index is 0.224. The molecule has 0 atom stereocenters. The fourth-order valence-electron chi connectivity index (χ4n) is 3.43. The number of aryl methyl sites for hydroxylation is 2. The van der Waals surface area contributed by atoms with Crippen molar-refractivity contribution in [1.29, 1.82) is 0 Å². The number of anilines is 2. The molecule has 9 heteroatoms. The fourth-order valence-corrected chi connectivity index (χ4v) is 3.43. The molecular weight excluding hydrogens is 432 g/mol. The van der Waals surface area contributed by atoms with Crippen molar-refractivity contribution in [1.82, 2.24) is 19.9 Å². The van der Waals surface area contributed by atoms with Gasteiger partial charge in [0.25, 0.3) is 11.1 Å². The van der Waals surface area contributed by atoms with E-state index in [-0.39, 0.29) is 11.1 Å². The van der Waals surface area contributed by atoms with E-state index in [1.807, 2.05) is 26.0 Å². The molecule has 2 amide bonds. The molecule has 172 valence electrons. The maximum Gasteiger partial charge on any atom is 0.323 e. The van der Waals surface area contributed by atoms with Gasteiger partial charge in [0.15, 0.2) is 0 Å². The second-order valence-electron chi connectivity index (χ2n) is 7.62. The van der Waals surface area contributed by atoms with Crippen molar-refractivity contribution in [3.8, 4) is 22.8 Å². The number of aromatic amines is 2. The molecule has 4 N–H and O–H groups in total. The van der Waals surface area contributed by atoms with Gasteiger partial charge in [-0.25, -0.2) is 14.8 Å². The Labute approximate surface area is 195 Å². The Balaban J connectivity index is 1.51. The quantitative estimate of drug-likeness (QED) is 0.349. The molecule has 0 saturated carbocycles. The molecule has 0 radical (unpaired) electrons. The number of nitrogens with one attached hydrogen (secondary N) is 4. The summed E-state index contributed by atoms with van der Waals surface area (Å²) in [7, 11) is 0. The molecule has 0 fully saturated rings. The van der Waals surface area contributed by atoms with E-state index >= 15 is 0 Å². The van der Waals surface area contributed by atoms with Crippen LogP contribution in [0.25, 0.3) is 22.8 Å². The summed E-state index contributed by atoms with van der Waals surface area (Å²) in [5.74, 6) is 0.883. The SMILES string of the molecule is CCc1cc(=O)[nH]c(-c2cccc(NC(=O)Nc3cccc(-c4nc(CC)cc(=O)[nH]4)c3)c2)n1. The standard InChI is InChI=1S/C25H24N6O3/c1-3-17-13-21(32)30-23(26-17)15-7-5-9-19(11-15)28-25(34)29-20-10-6-8-16(12-20)24-27-18(4-2)14-22(33)31-24/h5-14H,3-4H2,1-2H3,(H,26,30,32)(H,27,31,33)(H2,28,29,34). The highest BCUT2D eigenvalue weighted by Crippen LogP contribution is 2.21. The monoisotopic (exact) mass is 456 g/mol. The van der Waals surface area contributed by atoms with Gasteiger partial charge in [0.2, 0.25) is 0 Å². The zero-order valence-electron chi connectivity index (χ0n) is 18.8. The van der Waals surface area contributed by atoms with Crippen molar-refractivity contribution in [2.24, 2.45) is 0 Å². The highest BCUT2D eigenvalue weighted by molar-refractivity contribution is 6.00. The van der Waals surface area contributed by atoms with Crippen LogP contribution in [0, 0.1) is 0 Å². The van der Waals surface area contributed by atoms with Crippen LogP contribution in [-0.4, -0.2) is 26.0 Å². The Morgan fingerprint density at radius 1 is 0.735 bits per heavy atom. The van der Waals surface area contributed by atoms with Crippen molar-refractivity contribution >= 4 is 17.4 Å². The van der Waals surface area contributed by atoms with Crippen molar-refractivity contribution in [2.75, 3.05) is 10.6 Å². The molecule has 0 bridgehead atoms. The van der Waals surface area contributed by atoms with Gasteiger partial charge >= 0.3 is 6.03 Å². The molecule has 0 aliphatic heterocycles. The Hall–Kier alpha value is -4.53. The van der Waals surface area contributed by atoms with Gasteiger partial charge in [-0.05, 0) is 37.1 Å². The summed E-state index contributed by atoms with van der Waals surface area (Å²) in [6.07, 6.45) is 1.28. The third kappa shape index (κ3) is 5.44. The zero-order valence-corrected chi connectivity index (χ0v) is 18.8. The van der Waals surface area contributed by atoms with Crippen LogP contribution >= 0.6 is 0 Å². The van der Waals surface area contributed by atoms with Gasteiger partial charge in [-0.15, -0.1) is 0 Å². The first-order valence-electron chi connectivity index (χ1n) is 10.9. The summed E-state index contributed by atoms with van der Waals surface area (Å²) in [5, 5.41) is 5.57. The lowest BCUT2D eigenvalue weighted by molar-refractivity contribution is 0.262. The fraction of sp³-hybridized carbons (Fsp3) is 0.160. The maximum atomic E-state index is 12.6. The van der Waals surface area contributed by atoms with Gasteiger partial charge in [0, 0.05) is 46.0 Å². The average molecular weight is 457 g/mol. The molecule has 4 rings (SSSR count). The number of carbonyl (C=O) groups is 1. The number of rotatable bonds is 6. The van der Waals surface area contributed by atoms with Crippen molar-refractivity contribution < 1.29 is 4.79 Å². The molecule has 0 aliphatic carbocycles. The Morgan fingerprint density at radius 3 is 1.59 bits per heavy atom. The van der Waals surface area contributed by atoms with Gasteiger partial charge < -0.3 is 20.6 Å². The summed E-state index contributed by atoms with van der Waals surface area (Å²) in [4.78, 5) is 50.8. The number of amides is 2. The third-order valence-electron chi connectivity index (χ3n) is 5.10. The molecular formula is C25H24N6O3. The normalized spacial score (nSPS) is 10.6. The number of nitrogens with zero attached hydrogens (tertiary/aromatic N) is 2. The average Bonchev–Trinajstić information content (AvgIpc) is 2.83. The molecule has 2 heterocycles. The molecule has 0 aliphatic rings. The van der Waals surface area contributed by atoms with Gasteiger partial charge in [0.1, 0.15) is 11.6 Å². The van der Waals surface area contributed by atoms with Crippen LogP contribution in [0.3, 0.4) is 0 Å². The van der Waals surface area contributed by atoms with Crippen LogP contribution in [0.4, 0.5) is 16.2 Å². The molecule has 0 saturated heterocycles. The van der Waals surface area contributed by atoms with Crippen molar-refractivity contribution in [3.05, 3.63) is 92.8 Å². The van der Waals surface area contributed by atoms with Crippen LogP contribution < -0.4 is 21.8 Å². The topological polar surface area (TPSA) is 133 Å². The summed E-state index contributed by atoms with van der Waals surface area (Å²) >= 11 is 0. The van der Waals surface area contributed by atoms with E-state index in [1.54, 1.807) is 36.4 Å². The van der Waals surface area contributed by atoms with E-state index in [9.17, 15) is 14.4 Å². The molecule has 34 heavy (non-hydrogen) atoms. The Kier molecular flexibility index (Phi) is 6.63. The van der Waals surface area contributed by atoms with E-state index < -0.39 is 6.03 Å². The first kappa shape index (κ1) is 22.7. The summed E-state index contributed by atoms with van der Waals surface area (Å²) < 4.78 is 0. The lowest BCUT2D eigenvalue weighted by Gasteiger charge is -2.10. The Morgan fingerprint density at radius 2 is 1.18 bits per heavy atom. The van der Waals surface area contributed by atoms with Crippen molar-refractivity contribution in [2.45, 2.75) is 26.7 Å². The van der Waals surface area contributed by atoms with Gasteiger partial charge in [-0.2, -0.15) is 0 Å². The first-order valence-corrected chi connectivity index (χ1v) is 10.9. The number of hydrogen-bond acceptors (Lipinski definition) is 5. The number of benzene rings is 2. The van der Waals surface area contributed by atoms with E-state index in [1.165, 1.54) is 12.1 Å². The van der Waals surface area contributed by atoms with E-state index in [0.29, 0.717) is 58.4 Å².